The summed E-state index contributed by atoms with van der Waals surface area (Å²) in [6.45, 7) is 0. The third-order valence-corrected chi connectivity index (χ3v) is 2.92. The molecule has 0 heterocycles. The molecule has 7 nitrogen and oxygen atoms in total. The lowest BCUT2D eigenvalue weighted by molar-refractivity contribution is -0.385. The highest BCUT2D eigenvalue weighted by Crippen LogP contribution is 2.25. The Balaban J connectivity index is 2.31. The number of nitro benzene ring substituents is 1. The molecule has 2 rings (SSSR count). The molecule has 1 amide bonds. The van der Waals surface area contributed by atoms with Gasteiger partial charge in [0.15, 0.2) is 0 Å². The fourth-order valence-electron chi connectivity index (χ4n) is 1.81. The number of hydrogen-bond acceptors (Lipinski definition) is 5. The molecule has 0 aromatic heterocycles. The number of amides is 1. The van der Waals surface area contributed by atoms with E-state index < -0.39 is 10.8 Å². The monoisotopic (exact) mass is 297 g/mol. The van der Waals surface area contributed by atoms with Crippen LogP contribution in [0.2, 0.25) is 0 Å². The average molecular weight is 297 g/mol. The van der Waals surface area contributed by atoms with Gasteiger partial charge in [-0.25, -0.2) is 0 Å². The molecule has 2 aromatic carbocycles. The van der Waals surface area contributed by atoms with E-state index in [9.17, 15) is 14.9 Å². The summed E-state index contributed by atoms with van der Waals surface area (Å²) in [5.74, 6) is -0.286. The molecule has 0 aliphatic rings. The van der Waals surface area contributed by atoms with Gasteiger partial charge in [0.2, 0.25) is 0 Å². The molecule has 0 radical (unpaired) electrons. The highest BCUT2D eigenvalue weighted by molar-refractivity contribution is 6.07. The molecule has 1 N–H and O–H groups in total. The molecular formula is C15H11N3O4. The molecular weight excluding hydrogens is 286 g/mol. The highest BCUT2D eigenvalue weighted by atomic mass is 16.6. The first-order chi connectivity index (χ1) is 10.5. The molecule has 0 saturated carbocycles. The minimum absolute atomic E-state index is 0.103. The van der Waals surface area contributed by atoms with Crippen molar-refractivity contribution in [1.29, 1.82) is 5.26 Å². The van der Waals surface area contributed by atoms with E-state index in [0.717, 1.165) is 0 Å². The molecule has 0 aliphatic heterocycles. The van der Waals surface area contributed by atoms with Crippen molar-refractivity contribution in [3.05, 3.63) is 63.7 Å². The summed E-state index contributed by atoms with van der Waals surface area (Å²) in [7, 11) is 1.41. The van der Waals surface area contributed by atoms with Gasteiger partial charge >= 0.3 is 0 Å². The van der Waals surface area contributed by atoms with Crippen LogP contribution in [0.4, 0.5) is 11.4 Å². The van der Waals surface area contributed by atoms with Crippen LogP contribution in [0.3, 0.4) is 0 Å². The van der Waals surface area contributed by atoms with Gasteiger partial charge in [-0.2, -0.15) is 5.26 Å². The van der Waals surface area contributed by atoms with E-state index in [-0.39, 0.29) is 11.3 Å². The fourth-order valence-corrected chi connectivity index (χ4v) is 1.81. The van der Waals surface area contributed by atoms with E-state index in [1.807, 2.05) is 6.07 Å². The Hall–Kier alpha value is -3.40. The molecule has 0 atom stereocenters. The van der Waals surface area contributed by atoms with Gasteiger partial charge in [0.25, 0.3) is 11.6 Å². The molecule has 0 bridgehead atoms. The van der Waals surface area contributed by atoms with Gasteiger partial charge in [0.05, 0.1) is 23.7 Å². The normalized spacial score (nSPS) is 9.64. The zero-order valence-corrected chi connectivity index (χ0v) is 11.6. The van der Waals surface area contributed by atoms with Gasteiger partial charge in [-0.15, -0.1) is 0 Å². The predicted octanol–water partition coefficient (Wildman–Crippen LogP) is 2.73. The van der Waals surface area contributed by atoms with Crippen molar-refractivity contribution in [2.45, 2.75) is 0 Å². The van der Waals surface area contributed by atoms with E-state index in [2.05, 4.69) is 5.32 Å². The van der Waals surface area contributed by atoms with Gasteiger partial charge in [-0.1, -0.05) is 0 Å². The summed E-state index contributed by atoms with van der Waals surface area (Å²) in [5.41, 5.74) is 0.465. The van der Waals surface area contributed by atoms with Crippen molar-refractivity contribution in [2.75, 3.05) is 12.4 Å². The Morgan fingerprint density at radius 3 is 2.50 bits per heavy atom. The maximum Gasteiger partial charge on any atom is 0.282 e. The first-order valence-electron chi connectivity index (χ1n) is 6.19. The van der Waals surface area contributed by atoms with Crippen molar-refractivity contribution >= 4 is 17.3 Å². The quantitative estimate of drug-likeness (QED) is 0.690. The number of nitro groups is 1. The lowest BCUT2D eigenvalue weighted by Crippen LogP contribution is -2.14. The van der Waals surface area contributed by atoms with Crippen LogP contribution in [0, 0.1) is 21.4 Å². The Labute approximate surface area is 125 Å². The number of anilines is 1. The van der Waals surface area contributed by atoms with E-state index in [0.29, 0.717) is 17.0 Å². The number of ether oxygens (including phenoxy) is 1. The lowest BCUT2D eigenvalue weighted by atomic mass is 10.1. The second kappa shape index (κ2) is 6.37. The first kappa shape index (κ1) is 15.0. The zero-order valence-electron chi connectivity index (χ0n) is 11.6. The number of methoxy groups -OCH3 is 1. The minimum Gasteiger partial charge on any atom is -0.497 e. The smallest absolute Gasteiger partial charge is 0.282 e. The third-order valence-electron chi connectivity index (χ3n) is 2.92. The van der Waals surface area contributed by atoms with Gasteiger partial charge < -0.3 is 10.1 Å². The molecule has 110 valence electrons. The Morgan fingerprint density at radius 1 is 1.27 bits per heavy atom. The van der Waals surface area contributed by atoms with Crippen LogP contribution < -0.4 is 10.1 Å². The second-order valence-corrected chi connectivity index (χ2v) is 4.28. The maximum atomic E-state index is 12.2. The number of nitriles is 1. The van der Waals surface area contributed by atoms with Crippen LogP contribution in [0.15, 0.2) is 42.5 Å². The lowest BCUT2D eigenvalue weighted by Gasteiger charge is -2.07. The first-order valence-corrected chi connectivity index (χ1v) is 6.19. The molecule has 7 heteroatoms. The SMILES string of the molecule is COc1ccc([N+](=O)[O-])c(C(=O)Nc2ccc(C#N)cc2)c1. The molecule has 0 saturated heterocycles. The van der Waals surface area contributed by atoms with Crippen LogP contribution >= 0.6 is 0 Å². The van der Waals surface area contributed by atoms with Crippen LogP contribution in [0.1, 0.15) is 15.9 Å². The number of rotatable bonds is 4. The highest BCUT2D eigenvalue weighted by Gasteiger charge is 2.21. The van der Waals surface area contributed by atoms with E-state index in [1.165, 1.54) is 37.4 Å². The average Bonchev–Trinajstić information content (AvgIpc) is 2.54. The van der Waals surface area contributed by atoms with Crippen molar-refractivity contribution < 1.29 is 14.5 Å². The van der Waals surface area contributed by atoms with Crippen LogP contribution in [0.25, 0.3) is 0 Å². The summed E-state index contributed by atoms with van der Waals surface area (Å²) in [6.07, 6.45) is 0. The molecule has 0 aliphatic carbocycles. The number of nitrogens with zero attached hydrogens (tertiary/aromatic N) is 2. The summed E-state index contributed by atoms with van der Waals surface area (Å²) in [5, 5.41) is 22.3. The topological polar surface area (TPSA) is 105 Å². The largest absolute Gasteiger partial charge is 0.497 e. The number of carbonyl (C=O) groups excluding carboxylic acids is 1. The Kier molecular flexibility index (Phi) is 4.34. The standard InChI is InChI=1S/C15H11N3O4/c1-22-12-6-7-14(18(20)21)13(8-12)15(19)17-11-4-2-10(9-16)3-5-11/h2-8H,1H3,(H,17,19). The Bertz CT molecular complexity index is 763. The van der Waals surface area contributed by atoms with Gasteiger partial charge in [0.1, 0.15) is 11.3 Å². The van der Waals surface area contributed by atoms with Crippen LogP contribution in [-0.4, -0.2) is 17.9 Å². The van der Waals surface area contributed by atoms with Gasteiger partial charge in [0, 0.05) is 11.8 Å². The fraction of sp³-hybridized carbons (Fsp3) is 0.0667. The van der Waals surface area contributed by atoms with E-state index in [4.69, 9.17) is 10.00 Å². The minimum atomic E-state index is -0.632. The molecule has 0 fully saturated rings. The van der Waals surface area contributed by atoms with Crippen molar-refractivity contribution in [2.24, 2.45) is 0 Å². The van der Waals surface area contributed by atoms with Crippen molar-refractivity contribution in [1.82, 2.24) is 0 Å². The number of carbonyl (C=O) groups is 1. The molecule has 0 unspecified atom stereocenters. The third kappa shape index (κ3) is 3.19. The van der Waals surface area contributed by atoms with Gasteiger partial charge in [-0.3, -0.25) is 14.9 Å². The van der Waals surface area contributed by atoms with Crippen molar-refractivity contribution in [3.8, 4) is 11.8 Å². The number of hydrogen-bond donors (Lipinski definition) is 1. The number of benzene rings is 2. The molecule has 2 aromatic rings. The van der Waals surface area contributed by atoms with Crippen molar-refractivity contribution in [3.63, 3.8) is 0 Å². The van der Waals surface area contributed by atoms with Crippen LogP contribution in [0.5, 0.6) is 5.75 Å². The predicted molar refractivity (Wildman–Crippen MR) is 78.8 cm³/mol. The summed E-state index contributed by atoms with van der Waals surface area (Å²) in [6, 6.07) is 12.1. The summed E-state index contributed by atoms with van der Waals surface area (Å²) < 4.78 is 4.98. The Morgan fingerprint density at radius 2 is 1.95 bits per heavy atom. The maximum absolute atomic E-state index is 12.2. The summed E-state index contributed by atoms with van der Waals surface area (Å²) >= 11 is 0. The van der Waals surface area contributed by atoms with E-state index in [1.54, 1.807) is 12.1 Å². The van der Waals surface area contributed by atoms with Crippen LogP contribution in [-0.2, 0) is 0 Å². The van der Waals surface area contributed by atoms with E-state index >= 15 is 0 Å². The molecule has 22 heavy (non-hydrogen) atoms. The number of nitrogens with one attached hydrogen (secondary N) is 1. The summed E-state index contributed by atoms with van der Waals surface area (Å²) in [4.78, 5) is 22.6. The second-order valence-electron chi connectivity index (χ2n) is 4.28. The van der Waals surface area contributed by atoms with Gasteiger partial charge in [-0.05, 0) is 36.4 Å². The zero-order chi connectivity index (χ0) is 16.1. The molecule has 0 spiro atoms.